The Morgan fingerprint density at radius 2 is 2.00 bits per heavy atom. The van der Waals surface area contributed by atoms with E-state index in [0.29, 0.717) is 30.8 Å². The van der Waals surface area contributed by atoms with Crippen molar-refractivity contribution < 1.29 is 13.2 Å². The predicted octanol–water partition coefficient (Wildman–Crippen LogP) is 3.32. The molecule has 0 unspecified atom stereocenters. The SMILES string of the molecule is CCN(CC)S(=O)(=O)c1cc(NC(=O)C[C@@H]2C=CCC2)ccc1C. The summed E-state index contributed by atoms with van der Waals surface area (Å²) < 4.78 is 26.9. The lowest BCUT2D eigenvalue weighted by atomic mass is 10.1. The summed E-state index contributed by atoms with van der Waals surface area (Å²) in [4.78, 5) is 12.4. The molecular formula is C18H26N2O3S. The van der Waals surface area contributed by atoms with Crippen LogP contribution in [0.25, 0.3) is 0 Å². The van der Waals surface area contributed by atoms with E-state index in [1.54, 1.807) is 25.1 Å². The van der Waals surface area contributed by atoms with Gasteiger partial charge in [0.15, 0.2) is 0 Å². The number of hydrogen-bond donors (Lipinski definition) is 1. The second kappa shape index (κ2) is 7.94. The highest BCUT2D eigenvalue weighted by Gasteiger charge is 2.24. The molecule has 2 rings (SSSR count). The first-order chi connectivity index (χ1) is 11.4. The van der Waals surface area contributed by atoms with Gasteiger partial charge in [0.25, 0.3) is 0 Å². The standard InChI is InChI=1S/C18H26N2O3S/c1-4-20(5-2)24(22,23)17-13-16(11-10-14(17)3)19-18(21)12-15-8-6-7-9-15/h6,8,10-11,13,15H,4-5,7,9,12H2,1-3H3,(H,19,21)/t15-/m1/s1. The van der Waals surface area contributed by atoms with Crippen molar-refractivity contribution in [1.82, 2.24) is 4.31 Å². The van der Waals surface area contributed by atoms with Crippen LogP contribution in [0.5, 0.6) is 0 Å². The van der Waals surface area contributed by atoms with Crippen LogP contribution < -0.4 is 5.32 Å². The van der Waals surface area contributed by atoms with Gasteiger partial charge in [0.1, 0.15) is 0 Å². The van der Waals surface area contributed by atoms with Crippen molar-refractivity contribution in [3.8, 4) is 0 Å². The molecule has 0 radical (unpaired) electrons. The Morgan fingerprint density at radius 3 is 2.58 bits per heavy atom. The number of carbonyl (C=O) groups excluding carboxylic acids is 1. The Labute approximate surface area is 144 Å². The van der Waals surface area contributed by atoms with E-state index in [1.807, 2.05) is 13.8 Å². The molecule has 24 heavy (non-hydrogen) atoms. The van der Waals surface area contributed by atoms with Gasteiger partial charge in [0.05, 0.1) is 4.90 Å². The summed E-state index contributed by atoms with van der Waals surface area (Å²) in [6.45, 7) is 6.24. The van der Waals surface area contributed by atoms with Crippen molar-refractivity contribution in [3.05, 3.63) is 35.9 Å². The fraction of sp³-hybridized carbons (Fsp3) is 0.500. The number of carbonyl (C=O) groups is 1. The first-order valence-electron chi connectivity index (χ1n) is 8.45. The van der Waals surface area contributed by atoms with Crippen LogP contribution in [-0.4, -0.2) is 31.7 Å². The zero-order valence-electron chi connectivity index (χ0n) is 14.6. The van der Waals surface area contributed by atoms with Gasteiger partial charge in [0, 0.05) is 25.2 Å². The Balaban J connectivity index is 2.18. The number of anilines is 1. The molecule has 5 nitrogen and oxygen atoms in total. The van der Waals surface area contributed by atoms with Crippen LogP contribution >= 0.6 is 0 Å². The van der Waals surface area contributed by atoms with Gasteiger partial charge in [-0.3, -0.25) is 4.79 Å². The van der Waals surface area contributed by atoms with Gasteiger partial charge in [-0.25, -0.2) is 8.42 Å². The van der Waals surface area contributed by atoms with Crippen molar-refractivity contribution >= 4 is 21.6 Å². The number of rotatable bonds is 7. The third-order valence-electron chi connectivity index (χ3n) is 4.36. The summed E-state index contributed by atoms with van der Waals surface area (Å²) in [5.74, 6) is 0.205. The monoisotopic (exact) mass is 350 g/mol. The van der Waals surface area contributed by atoms with Gasteiger partial charge < -0.3 is 5.32 Å². The van der Waals surface area contributed by atoms with Crippen molar-refractivity contribution in [2.45, 2.75) is 44.9 Å². The number of hydrogen-bond acceptors (Lipinski definition) is 3. The van der Waals surface area contributed by atoms with Gasteiger partial charge in [0.2, 0.25) is 15.9 Å². The summed E-state index contributed by atoms with van der Waals surface area (Å²) >= 11 is 0. The maximum atomic E-state index is 12.7. The molecule has 1 aliphatic rings. The molecule has 0 fully saturated rings. The third kappa shape index (κ3) is 4.24. The molecule has 1 atom stereocenters. The van der Waals surface area contributed by atoms with E-state index in [9.17, 15) is 13.2 Å². The van der Waals surface area contributed by atoms with Crippen LogP contribution in [0.2, 0.25) is 0 Å². The molecular weight excluding hydrogens is 324 g/mol. The van der Waals surface area contributed by atoms with E-state index in [1.165, 1.54) is 4.31 Å². The third-order valence-corrected chi connectivity index (χ3v) is 6.55. The zero-order valence-corrected chi connectivity index (χ0v) is 15.4. The van der Waals surface area contributed by atoms with Crippen LogP contribution in [0.4, 0.5) is 5.69 Å². The van der Waals surface area contributed by atoms with Gasteiger partial charge in [-0.05, 0) is 43.4 Å². The lowest BCUT2D eigenvalue weighted by molar-refractivity contribution is -0.116. The Bertz CT molecular complexity index is 722. The first-order valence-corrected chi connectivity index (χ1v) is 9.89. The maximum absolute atomic E-state index is 12.7. The van der Waals surface area contributed by atoms with Gasteiger partial charge in [-0.1, -0.05) is 32.1 Å². The number of amides is 1. The number of nitrogens with one attached hydrogen (secondary N) is 1. The molecule has 1 aromatic rings. The smallest absolute Gasteiger partial charge is 0.243 e. The summed E-state index contributed by atoms with van der Waals surface area (Å²) in [6, 6.07) is 5.05. The second-order valence-electron chi connectivity index (χ2n) is 6.09. The van der Waals surface area contributed by atoms with Crippen molar-refractivity contribution in [3.63, 3.8) is 0 Å². The van der Waals surface area contributed by atoms with Crippen LogP contribution in [0, 0.1) is 12.8 Å². The minimum Gasteiger partial charge on any atom is -0.326 e. The van der Waals surface area contributed by atoms with E-state index < -0.39 is 10.0 Å². The average molecular weight is 350 g/mol. The lowest BCUT2D eigenvalue weighted by Crippen LogP contribution is -2.31. The lowest BCUT2D eigenvalue weighted by Gasteiger charge is -2.20. The topological polar surface area (TPSA) is 66.5 Å². The van der Waals surface area contributed by atoms with E-state index in [0.717, 1.165) is 12.8 Å². The molecule has 0 aromatic heterocycles. The molecule has 0 heterocycles. The van der Waals surface area contributed by atoms with Crippen LogP contribution in [0.1, 0.15) is 38.7 Å². The van der Waals surface area contributed by atoms with E-state index in [4.69, 9.17) is 0 Å². The van der Waals surface area contributed by atoms with Gasteiger partial charge >= 0.3 is 0 Å². The highest BCUT2D eigenvalue weighted by Crippen LogP contribution is 2.25. The van der Waals surface area contributed by atoms with Crippen LogP contribution in [0.15, 0.2) is 35.2 Å². The number of aryl methyl sites for hydroxylation is 1. The molecule has 1 N–H and O–H groups in total. The van der Waals surface area contributed by atoms with Gasteiger partial charge in [-0.2, -0.15) is 4.31 Å². The molecule has 0 spiro atoms. The van der Waals surface area contributed by atoms with Gasteiger partial charge in [-0.15, -0.1) is 0 Å². The molecule has 1 aliphatic carbocycles. The largest absolute Gasteiger partial charge is 0.326 e. The van der Waals surface area contributed by atoms with Crippen LogP contribution in [-0.2, 0) is 14.8 Å². The number of benzene rings is 1. The quantitative estimate of drug-likeness (QED) is 0.767. The second-order valence-corrected chi connectivity index (χ2v) is 7.99. The molecule has 0 saturated carbocycles. The molecule has 132 valence electrons. The Morgan fingerprint density at radius 1 is 1.29 bits per heavy atom. The summed E-state index contributed by atoms with van der Waals surface area (Å²) in [7, 11) is -3.54. The number of allylic oxidation sites excluding steroid dienone is 2. The molecule has 0 aliphatic heterocycles. The molecule has 6 heteroatoms. The molecule has 1 amide bonds. The highest BCUT2D eigenvalue weighted by atomic mass is 32.2. The minimum atomic E-state index is -3.54. The zero-order chi connectivity index (χ0) is 17.7. The fourth-order valence-electron chi connectivity index (χ4n) is 2.97. The minimum absolute atomic E-state index is 0.0819. The summed E-state index contributed by atoms with van der Waals surface area (Å²) in [5.41, 5.74) is 1.21. The molecule has 0 bridgehead atoms. The summed E-state index contributed by atoms with van der Waals surface area (Å²) in [5, 5.41) is 2.83. The van der Waals surface area contributed by atoms with Crippen molar-refractivity contribution in [2.75, 3.05) is 18.4 Å². The summed E-state index contributed by atoms with van der Waals surface area (Å²) in [6.07, 6.45) is 6.63. The van der Waals surface area contributed by atoms with E-state index >= 15 is 0 Å². The first kappa shape index (κ1) is 18.7. The number of sulfonamides is 1. The predicted molar refractivity (Wildman–Crippen MR) is 96.4 cm³/mol. The average Bonchev–Trinajstić information content (AvgIpc) is 3.02. The number of nitrogens with zero attached hydrogens (tertiary/aromatic N) is 1. The van der Waals surface area contributed by atoms with Crippen molar-refractivity contribution in [1.29, 1.82) is 0 Å². The highest BCUT2D eigenvalue weighted by molar-refractivity contribution is 7.89. The molecule has 1 aromatic carbocycles. The maximum Gasteiger partial charge on any atom is 0.243 e. The Hall–Kier alpha value is -1.66. The van der Waals surface area contributed by atoms with E-state index in [-0.39, 0.29) is 16.7 Å². The Kier molecular flexibility index (Phi) is 6.18. The molecule has 0 saturated heterocycles. The van der Waals surface area contributed by atoms with Crippen molar-refractivity contribution in [2.24, 2.45) is 5.92 Å². The normalized spacial score (nSPS) is 17.4. The van der Waals surface area contributed by atoms with E-state index in [2.05, 4.69) is 17.5 Å². The van der Waals surface area contributed by atoms with Crippen LogP contribution in [0.3, 0.4) is 0 Å². The fourth-order valence-corrected chi connectivity index (χ4v) is 4.68.